The number of thioether (sulfide) groups is 1. The van der Waals surface area contributed by atoms with Crippen molar-refractivity contribution in [1.29, 1.82) is 0 Å². The quantitative estimate of drug-likeness (QED) is 0.501. The molecule has 0 unspecified atom stereocenters. The number of likely N-dealkylation sites (tertiary alicyclic amines) is 1. The van der Waals surface area contributed by atoms with Crippen LogP contribution in [0.5, 0.6) is 0 Å². The van der Waals surface area contributed by atoms with Crippen LogP contribution in [0.15, 0.2) is 29.2 Å². The van der Waals surface area contributed by atoms with Crippen LogP contribution < -0.4 is 0 Å². The summed E-state index contributed by atoms with van der Waals surface area (Å²) in [6.45, 7) is 4.38. The van der Waals surface area contributed by atoms with Crippen molar-refractivity contribution in [2.45, 2.75) is 51.9 Å². The van der Waals surface area contributed by atoms with Gasteiger partial charge < -0.3 is 4.90 Å². The van der Waals surface area contributed by atoms with Gasteiger partial charge in [0.1, 0.15) is 4.32 Å². The standard InChI is InChI=1S/C22H28N2O2S2/c1-2-17-9-11-18(12-10-17)16-19-21(26)24(22(27)28-19)15-7-8-20(25)23-13-5-3-4-6-14-23/h9-12,16H,2-8,13-15H2,1H3. The molecular formula is C22H28N2O2S2. The number of hydrogen-bond acceptors (Lipinski definition) is 4. The topological polar surface area (TPSA) is 40.6 Å². The van der Waals surface area contributed by atoms with E-state index in [4.69, 9.17) is 12.2 Å². The molecule has 0 saturated carbocycles. The van der Waals surface area contributed by atoms with Crippen molar-refractivity contribution in [3.63, 3.8) is 0 Å². The van der Waals surface area contributed by atoms with Crippen molar-refractivity contribution in [2.24, 2.45) is 0 Å². The van der Waals surface area contributed by atoms with E-state index in [2.05, 4.69) is 19.1 Å². The summed E-state index contributed by atoms with van der Waals surface area (Å²) < 4.78 is 0.587. The molecule has 0 aliphatic carbocycles. The molecule has 28 heavy (non-hydrogen) atoms. The Morgan fingerprint density at radius 1 is 1.14 bits per heavy atom. The molecule has 2 aliphatic rings. The minimum Gasteiger partial charge on any atom is -0.343 e. The van der Waals surface area contributed by atoms with Crippen molar-refractivity contribution in [2.75, 3.05) is 19.6 Å². The van der Waals surface area contributed by atoms with Gasteiger partial charge in [0.05, 0.1) is 4.91 Å². The van der Waals surface area contributed by atoms with Crippen LogP contribution in [-0.4, -0.2) is 45.6 Å². The first-order chi connectivity index (χ1) is 13.6. The van der Waals surface area contributed by atoms with Crippen LogP contribution in [0.2, 0.25) is 0 Å². The summed E-state index contributed by atoms with van der Waals surface area (Å²) in [5, 5.41) is 0. The Balaban J connectivity index is 1.53. The van der Waals surface area contributed by atoms with Gasteiger partial charge in [0.25, 0.3) is 5.91 Å². The Morgan fingerprint density at radius 2 is 1.82 bits per heavy atom. The molecule has 2 saturated heterocycles. The Kier molecular flexibility index (Phi) is 7.68. The maximum atomic E-state index is 12.7. The smallest absolute Gasteiger partial charge is 0.266 e. The summed E-state index contributed by atoms with van der Waals surface area (Å²) in [5.74, 6) is 0.163. The van der Waals surface area contributed by atoms with Crippen molar-refractivity contribution in [3.8, 4) is 0 Å². The number of amides is 2. The number of rotatable bonds is 6. The van der Waals surface area contributed by atoms with Gasteiger partial charge in [0, 0.05) is 26.1 Å². The predicted molar refractivity (Wildman–Crippen MR) is 120 cm³/mol. The minimum atomic E-state index is -0.0446. The van der Waals surface area contributed by atoms with Crippen LogP contribution in [0.3, 0.4) is 0 Å². The van der Waals surface area contributed by atoms with Crippen LogP contribution in [0.1, 0.15) is 56.6 Å². The first kappa shape index (κ1) is 21.1. The van der Waals surface area contributed by atoms with E-state index in [1.807, 2.05) is 23.1 Å². The third-order valence-electron chi connectivity index (χ3n) is 5.29. The Hall–Kier alpha value is -1.66. The lowest BCUT2D eigenvalue weighted by molar-refractivity contribution is -0.131. The zero-order valence-corrected chi connectivity index (χ0v) is 18.1. The van der Waals surface area contributed by atoms with Gasteiger partial charge in [0.15, 0.2) is 0 Å². The molecule has 0 radical (unpaired) electrons. The largest absolute Gasteiger partial charge is 0.343 e. The maximum Gasteiger partial charge on any atom is 0.266 e. The number of thiocarbonyl (C=S) groups is 1. The minimum absolute atomic E-state index is 0.0446. The van der Waals surface area contributed by atoms with E-state index in [0.717, 1.165) is 37.9 Å². The fourth-order valence-electron chi connectivity index (χ4n) is 3.56. The van der Waals surface area contributed by atoms with E-state index < -0.39 is 0 Å². The molecular weight excluding hydrogens is 388 g/mol. The second-order valence-corrected chi connectivity index (χ2v) is 9.00. The third kappa shape index (κ3) is 5.45. The van der Waals surface area contributed by atoms with Crippen LogP contribution in [0.4, 0.5) is 0 Å². The maximum absolute atomic E-state index is 12.7. The van der Waals surface area contributed by atoms with E-state index in [9.17, 15) is 9.59 Å². The van der Waals surface area contributed by atoms with Crippen molar-refractivity contribution in [1.82, 2.24) is 9.80 Å². The number of hydrogen-bond donors (Lipinski definition) is 0. The number of nitrogens with zero attached hydrogens (tertiary/aromatic N) is 2. The molecule has 0 aromatic heterocycles. The van der Waals surface area contributed by atoms with Gasteiger partial charge in [-0.3, -0.25) is 14.5 Å². The molecule has 2 aliphatic heterocycles. The van der Waals surface area contributed by atoms with Crippen LogP contribution in [0.25, 0.3) is 6.08 Å². The molecule has 0 atom stereocenters. The van der Waals surface area contributed by atoms with Crippen LogP contribution >= 0.6 is 24.0 Å². The summed E-state index contributed by atoms with van der Waals surface area (Å²) in [5.41, 5.74) is 2.29. The van der Waals surface area contributed by atoms with Crippen molar-refractivity contribution >= 4 is 46.2 Å². The summed E-state index contributed by atoms with van der Waals surface area (Å²) >= 11 is 6.75. The number of aryl methyl sites for hydroxylation is 1. The number of benzene rings is 1. The fourth-order valence-corrected chi connectivity index (χ4v) is 4.87. The SMILES string of the molecule is CCc1ccc(C=C2SC(=S)N(CCCC(=O)N3CCCCCC3)C2=O)cc1. The normalized spacial score (nSPS) is 19.4. The molecule has 1 aromatic rings. The molecule has 2 amide bonds. The first-order valence-corrected chi connectivity index (χ1v) is 11.4. The van der Waals surface area contributed by atoms with Gasteiger partial charge in [-0.25, -0.2) is 0 Å². The monoisotopic (exact) mass is 416 g/mol. The lowest BCUT2D eigenvalue weighted by atomic mass is 10.1. The fraction of sp³-hybridized carbons (Fsp3) is 0.500. The molecule has 3 rings (SSSR count). The van der Waals surface area contributed by atoms with E-state index in [1.54, 1.807) is 4.90 Å². The Labute approximate surface area is 177 Å². The second-order valence-electron chi connectivity index (χ2n) is 7.33. The first-order valence-electron chi connectivity index (χ1n) is 10.2. The molecule has 0 spiro atoms. The molecule has 2 fully saturated rings. The molecule has 0 N–H and O–H groups in total. The summed E-state index contributed by atoms with van der Waals surface area (Å²) in [4.78, 5) is 29.4. The highest BCUT2D eigenvalue weighted by atomic mass is 32.2. The second kappa shape index (κ2) is 10.2. The Morgan fingerprint density at radius 3 is 2.46 bits per heavy atom. The van der Waals surface area contributed by atoms with Gasteiger partial charge in [-0.15, -0.1) is 0 Å². The lowest BCUT2D eigenvalue weighted by Crippen LogP contribution is -2.33. The number of carbonyl (C=O) groups is 2. The van der Waals surface area contributed by atoms with Gasteiger partial charge in [0.2, 0.25) is 5.91 Å². The molecule has 4 nitrogen and oxygen atoms in total. The summed E-state index contributed by atoms with van der Waals surface area (Å²) in [7, 11) is 0. The van der Waals surface area contributed by atoms with E-state index in [-0.39, 0.29) is 11.8 Å². The summed E-state index contributed by atoms with van der Waals surface area (Å²) in [6, 6.07) is 8.23. The van der Waals surface area contributed by atoms with Gasteiger partial charge in [-0.1, -0.05) is 68.0 Å². The molecule has 2 heterocycles. The summed E-state index contributed by atoms with van der Waals surface area (Å²) in [6.07, 6.45) is 8.67. The lowest BCUT2D eigenvalue weighted by Gasteiger charge is -2.21. The van der Waals surface area contributed by atoms with E-state index >= 15 is 0 Å². The van der Waals surface area contributed by atoms with Gasteiger partial charge >= 0.3 is 0 Å². The van der Waals surface area contributed by atoms with Gasteiger partial charge in [-0.2, -0.15) is 0 Å². The molecule has 0 bridgehead atoms. The molecule has 6 heteroatoms. The van der Waals surface area contributed by atoms with Crippen LogP contribution in [0, 0.1) is 0 Å². The Bertz CT molecular complexity index is 750. The van der Waals surface area contributed by atoms with E-state index in [1.165, 1.54) is 30.2 Å². The van der Waals surface area contributed by atoms with Crippen molar-refractivity contribution < 1.29 is 9.59 Å². The zero-order chi connectivity index (χ0) is 19.9. The highest BCUT2D eigenvalue weighted by Gasteiger charge is 2.31. The predicted octanol–water partition coefficient (Wildman–Crippen LogP) is 4.63. The molecule has 1 aromatic carbocycles. The van der Waals surface area contributed by atoms with E-state index in [0.29, 0.717) is 28.6 Å². The zero-order valence-electron chi connectivity index (χ0n) is 16.5. The number of carbonyl (C=O) groups excluding carboxylic acids is 2. The average Bonchev–Trinajstić information content (AvgIpc) is 2.90. The van der Waals surface area contributed by atoms with Gasteiger partial charge in [-0.05, 0) is 42.9 Å². The highest BCUT2D eigenvalue weighted by molar-refractivity contribution is 8.26. The van der Waals surface area contributed by atoms with Crippen LogP contribution in [-0.2, 0) is 16.0 Å². The van der Waals surface area contributed by atoms with Crippen molar-refractivity contribution in [3.05, 3.63) is 40.3 Å². The molecule has 150 valence electrons. The highest BCUT2D eigenvalue weighted by Crippen LogP contribution is 2.32. The average molecular weight is 417 g/mol. The third-order valence-corrected chi connectivity index (χ3v) is 6.67.